The molecule has 0 amide bonds. The van der Waals surface area contributed by atoms with E-state index < -0.39 is 12.0 Å². The predicted octanol–water partition coefficient (Wildman–Crippen LogP) is 6.16. The Morgan fingerprint density at radius 1 is 1.05 bits per heavy atom. The van der Waals surface area contributed by atoms with Gasteiger partial charge in [0.1, 0.15) is 11.5 Å². The van der Waals surface area contributed by atoms with Crippen LogP contribution in [-0.2, 0) is 9.53 Å². The normalized spacial score (nSPS) is 15.0. The first-order chi connectivity index (χ1) is 19.9. The monoisotopic (exact) mass is 580 g/mol. The third-order valence-electron chi connectivity index (χ3n) is 6.85. The van der Waals surface area contributed by atoms with Gasteiger partial charge in [0.05, 0.1) is 28.5 Å². The highest BCUT2D eigenvalue weighted by molar-refractivity contribution is 7.07. The van der Waals surface area contributed by atoms with Crippen LogP contribution in [0.1, 0.15) is 35.4 Å². The van der Waals surface area contributed by atoms with Gasteiger partial charge in [0.2, 0.25) is 0 Å². The molecule has 3 aromatic carbocycles. The molecule has 0 aliphatic carbocycles. The Morgan fingerprint density at radius 3 is 2.51 bits per heavy atom. The van der Waals surface area contributed by atoms with Crippen molar-refractivity contribution >= 4 is 40.7 Å². The van der Waals surface area contributed by atoms with E-state index in [1.165, 1.54) is 11.3 Å². The van der Waals surface area contributed by atoms with Crippen LogP contribution in [0.25, 0.3) is 23.1 Å². The molecule has 1 aliphatic heterocycles. The van der Waals surface area contributed by atoms with Crippen LogP contribution in [-0.4, -0.2) is 17.1 Å². The summed E-state index contributed by atoms with van der Waals surface area (Å²) >= 11 is 7.47. The van der Waals surface area contributed by atoms with E-state index in [1.807, 2.05) is 97.9 Å². The molecular formula is C33H25ClN2O4S. The zero-order chi connectivity index (χ0) is 28.5. The van der Waals surface area contributed by atoms with Crippen LogP contribution in [0, 0.1) is 6.92 Å². The molecule has 0 fully saturated rings. The van der Waals surface area contributed by atoms with E-state index in [0.717, 1.165) is 22.3 Å². The lowest BCUT2D eigenvalue weighted by atomic mass is 9.93. The maximum absolute atomic E-state index is 14.0. The van der Waals surface area contributed by atoms with Gasteiger partial charge in [-0.05, 0) is 49.2 Å². The first-order valence-corrected chi connectivity index (χ1v) is 14.3. The molecule has 5 aromatic rings. The van der Waals surface area contributed by atoms with Gasteiger partial charge in [0.25, 0.3) is 5.56 Å². The van der Waals surface area contributed by atoms with E-state index in [4.69, 9.17) is 25.7 Å². The zero-order valence-corrected chi connectivity index (χ0v) is 23.9. The number of hydrogen-bond acceptors (Lipinski definition) is 6. The SMILES string of the molecule is CCOC(=O)C1=C(c2ccccc2)N=c2s/c(=C\c3ccc(-c4cc(Cl)ccc4C)o3)c(=O)n2C1c1ccccc1. The minimum Gasteiger partial charge on any atom is -0.463 e. The first kappa shape index (κ1) is 26.7. The van der Waals surface area contributed by atoms with Gasteiger partial charge in [0.15, 0.2) is 4.80 Å². The van der Waals surface area contributed by atoms with Gasteiger partial charge >= 0.3 is 5.97 Å². The second-order valence-electron chi connectivity index (χ2n) is 9.50. The molecule has 204 valence electrons. The Bertz CT molecular complexity index is 1970. The molecule has 41 heavy (non-hydrogen) atoms. The standard InChI is InChI=1S/C33H25ClN2O4S/c1-3-39-32(38)28-29(21-10-6-4-7-11-21)35-33-36(30(28)22-12-8-5-9-13-22)31(37)27(41-33)19-24-16-17-26(40-24)25-18-23(34)15-14-20(25)2/h4-19,30H,3H2,1-2H3/b27-19-. The van der Waals surface area contributed by atoms with Crippen molar-refractivity contribution in [2.75, 3.05) is 6.61 Å². The second kappa shape index (κ2) is 11.2. The molecule has 0 spiro atoms. The number of aryl methyl sites for hydroxylation is 1. The van der Waals surface area contributed by atoms with Gasteiger partial charge < -0.3 is 9.15 Å². The molecule has 1 unspecified atom stereocenters. The molecule has 6 rings (SSSR count). The number of aromatic nitrogens is 1. The third-order valence-corrected chi connectivity index (χ3v) is 8.07. The smallest absolute Gasteiger partial charge is 0.338 e. The number of benzene rings is 3. The molecule has 2 aromatic heterocycles. The average Bonchev–Trinajstić information content (AvgIpc) is 3.58. The molecule has 8 heteroatoms. The average molecular weight is 581 g/mol. The molecule has 0 saturated heterocycles. The van der Waals surface area contributed by atoms with E-state index in [-0.39, 0.29) is 12.2 Å². The first-order valence-electron chi connectivity index (χ1n) is 13.1. The summed E-state index contributed by atoms with van der Waals surface area (Å²) in [5.41, 5.74) is 3.99. The van der Waals surface area contributed by atoms with Gasteiger partial charge in [-0.2, -0.15) is 0 Å². The van der Waals surface area contributed by atoms with Gasteiger partial charge in [-0.3, -0.25) is 9.36 Å². The van der Waals surface area contributed by atoms with Crippen LogP contribution in [0.2, 0.25) is 5.02 Å². The largest absolute Gasteiger partial charge is 0.463 e. The highest BCUT2D eigenvalue weighted by Gasteiger charge is 2.35. The van der Waals surface area contributed by atoms with Crippen LogP contribution < -0.4 is 14.9 Å². The lowest BCUT2D eigenvalue weighted by Gasteiger charge is -2.25. The van der Waals surface area contributed by atoms with Crippen molar-refractivity contribution in [3.8, 4) is 11.3 Å². The Labute approximate surface area is 245 Å². The third kappa shape index (κ3) is 5.10. The summed E-state index contributed by atoms with van der Waals surface area (Å²) in [6, 6.07) is 27.6. The van der Waals surface area contributed by atoms with Crippen LogP contribution >= 0.6 is 22.9 Å². The van der Waals surface area contributed by atoms with Crippen molar-refractivity contribution in [3.63, 3.8) is 0 Å². The van der Waals surface area contributed by atoms with Crippen LogP contribution in [0.3, 0.4) is 0 Å². The number of nitrogens with zero attached hydrogens (tertiary/aromatic N) is 2. The lowest BCUT2D eigenvalue weighted by Crippen LogP contribution is -2.39. The number of furan rings is 1. The van der Waals surface area contributed by atoms with E-state index in [1.54, 1.807) is 17.6 Å². The summed E-state index contributed by atoms with van der Waals surface area (Å²) in [7, 11) is 0. The van der Waals surface area contributed by atoms with Crippen LogP contribution in [0.4, 0.5) is 0 Å². The Kier molecular flexibility index (Phi) is 7.30. The Morgan fingerprint density at radius 2 is 1.78 bits per heavy atom. The molecule has 0 N–H and O–H groups in total. The fraction of sp³-hybridized carbons (Fsp3) is 0.121. The number of esters is 1. The molecule has 1 atom stereocenters. The summed E-state index contributed by atoms with van der Waals surface area (Å²) in [6.45, 7) is 3.94. The van der Waals surface area contributed by atoms with Crippen molar-refractivity contribution in [2.24, 2.45) is 4.99 Å². The number of carbonyl (C=O) groups is 1. The molecule has 0 saturated carbocycles. The van der Waals surface area contributed by atoms with Gasteiger partial charge in [-0.25, -0.2) is 9.79 Å². The van der Waals surface area contributed by atoms with E-state index in [0.29, 0.717) is 37.1 Å². The van der Waals surface area contributed by atoms with Crippen molar-refractivity contribution in [1.29, 1.82) is 0 Å². The molecule has 1 aliphatic rings. The molecule has 0 radical (unpaired) electrons. The van der Waals surface area contributed by atoms with Gasteiger partial charge in [-0.1, -0.05) is 89.7 Å². The highest BCUT2D eigenvalue weighted by Crippen LogP contribution is 2.35. The van der Waals surface area contributed by atoms with Crippen LogP contribution in [0.5, 0.6) is 0 Å². The lowest BCUT2D eigenvalue weighted by molar-refractivity contribution is -0.138. The van der Waals surface area contributed by atoms with Gasteiger partial charge in [-0.15, -0.1) is 0 Å². The maximum Gasteiger partial charge on any atom is 0.338 e. The van der Waals surface area contributed by atoms with Crippen molar-refractivity contribution in [3.05, 3.63) is 144 Å². The summed E-state index contributed by atoms with van der Waals surface area (Å²) < 4.78 is 13.6. The van der Waals surface area contributed by atoms with Crippen molar-refractivity contribution < 1.29 is 13.9 Å². The summed E-state index contributed by atoms with van der Waals surface area (Å²) in [4.78, 5) is 32.8. The molecular weight excluding hydrogens is 556 g/mol. The highest BCUT2D eigenvalue weighted by atomic mass is 35.5. The Balaban J connectivity index is 1.55. The second-order valence-corrected chi connectivity index (χ2v) is 10.9. The fourth-order valence-corrected chi connectivity index (χ4v) is 6.11. The van der Waals surface area contributed by atoms with E-state index >= 15 is 0 Å². The minimum atomic E-state index is -0.717. The summed E-state index contributed by atoms with van der Waals surface area (Å²) in [5.74, 6) is 0.668. The molecule has 0 bridgehead atoms. The van der Waals surface area contributed by atoms with E-state index in [2.05, 4.69) is 0 Å². The number of fused-ring (bicyclic) bond motifs is 1. The zero-order valence-electron chi connectivity index (χ0n) is 22.3. The molecule has 6 nitrogen and oxygen atoms in total. The topological polar surface area (TPSA) is 73.8 Å². The van der Waals surface area contributed by atoms with Crippen molar-refractivity contribution in [1.82, 2.24) is 4.57 Å². The number of halogens is 1. The van der Waals surface area contributed by atoms with E-state index in [9.17, 15) is 9.59 Å². The number of carbonyl (C=O) groups excluding carboxylic acids is 1. The number of thiazole rings is 1. The number of hydrogen-bond donors (Lipinski definition) is 0. The maximum atomic E-state index is 14.0. The van der Waals surface area contributed by atoms with Crippen LogP contribution in [0.15, 0.2) is 111 Å². The fourth-order valence-electron chi connectivity index (χ4n) is 4.96. The summed E-state index contributed by atoms with van der Waals surface area (Å²) in [5, 5.41) is 0.615. The van der Waals surface area contributed by atoms with Crippen molar-refractivity contribution in [2.45, 2.75) is 19.9 Å². The predicted molar refractivity (Wildman–Crippen MR) is 161 cm³/mol. The van der Waals surface area contributed by atoms with Gasteiger partial charge in [0, 0.05) is 22.2 Å². The Hall–Kier alpha value is -4.46. The number of rotatable bonds is 6. The molecule has 3 heterocycles. The quantitative estimate of drug-likeness (QED) is 0.226. The minimum absolute atomic E-state index is 0.198. The summed E-state index contributed by atoms with van der Waals surface area (Å²) in [6.07, 6.45) is 1.71. The number of ether oxygens (including phenoxy) is 1.